The predicted molar refractivity (Wildman–Crippen MR) is 116 cm³/mol. The number of imidazole rings is 1. The normalized spacial score (nSPS) is 12.6. The van der Waals surface area contributed by atoms with E-state index in [1.807, 2.05) is 0 Å². The van der Waals surface area contributed by atoms with Gasteiger partial charge in [-0.3, -0.25) is 4.98 Å². The van der Waals surface area contributed by atoms with Crippen molar-refractivity contribution < 1.29 is 37.0 Å². The molecule has 12 heteroatoms. The molecule has 1 aromatic carbocycles. The minimum absolute atomic E-state index is 0.124. The molecule has 186 valence electrons. The van der Waals surface area contributed by atoms with E-state index in [9.17, 15) is 27.9 Å². The van der Waals surface area contributed by atoms with Crippen LogP contribution >= 0.6 is 0 Å². The average Bonchev–Trinajstić information content (AvgIpc) is 3.06. The first-order valence-electron chi connectivity index (χ1n) is 10.2. The second-order valence-corrected chi connectivity index (χ2v) is 8.64. The minimum atomic E-state index is -4.89. The number of pyridine rings is 1. The first-order chi connectivity index (χ1) is 16.2. The summed E-state index contributed by atoms with van der Waals surface area (Å²) >= 11 is 0. The van der Waals surface area contributed by atoms with Crippen molar-refractivity contribution in [3.8, 4) is 11.1 Å². The molecule has 0 atom stereocenters. The van der Waals surface area contributed by atoms with E-state index >= 15 is 4.39 Å². The van der Waals surface area contributed by atoms with Gasteiger partial charge in [-0.05, 0) is 44.5 Å². The Hall–Kier alpha value is -3.96. The maximum absolute atomic E-state index is 15.0. The van der Waals surface area contributed by atoms with E-state index < -0.39 is 52.0 Å². The topological polar surface area (TPSA) is 98.7 Å². The number of carbonyl (C=O) groups is 2. The molecule has 0 bridgehead atoms. The van der Waals surface area contributed by atoms with Crippen LogP contribution in [0.5, 0.6) is 0 Å². The number of aryl methyl sites for hydroxylation is 1. The van der Waals surface area contributed by atoms with E-state index in [4.69, 9.17) is 4.74 Å². The third-order valence-electron chi connectivity index (χ3n) is 4.71. The van der Waals surface area contributed by atoms with Crippen LogP contribution in [0.3, 0.4) is 0 Å². The van der Waals surface area contributed by atoms with E-state index in [2.05, 4.69) is 9.98 Å². The van der Waals surface area contributed by atoms with Gasteiger partial charge in [0.1, 0.15) is 11.4 Å². The number of hydrogen-bond acceptors (Lipinski definition) is 4. The Morgan fingerprint density at radius 1 is 1.14 bits per heavy atom. The van der Waals surface area contributed by atoms with Gasteiger partial charge in [0.05, 0.1) is 12.1 Å². The summed E-state index contributed by atoms with van der Waals surface area (Å²) in [5.74, 6) is -2.98. The number of rotatable bonds is 4. The number of amides is 1. The molecule has 0 fully saturated rings. The van der Waals surface area contributed by atoms with Crippen molar-refractivity contribution in [2.45, 2.75) is 39.1 Å². The highest BCUT2D eigenvalue weighted by Gasteiger charge is 2.36. The van der Waals surface area contributed by atoms with Gasteiger partial charge in [-0.2, -0.15) is 13.2 Å². The molecule has 0 saturated carbocycles. The Balaban J connectivity index is 2.15. The summed E-state index contributed by atoms with van der Waals surface area (Å²) in [7, 11) is 1.60. The Kier molecular flexibility index (Phi) is 6.86. The van der Waals surface area contributed by atoms with Gasteiger partial charge in [0.25, 0.3) is 0 Å². The fourth-order valence-corrected chi connectivity index (χ4v) is 3.32. The largest absolute Gasteiger partial charge is 0.478 e. The SMILES string of the molecule is Cn1ccn(Cc2cc(C(=O)O)c(F)c(-c3cccnc3C(F)(F)F)c2)/c1=N/C(=O)OC(C)(C)C. The third kappa shape index (κ3) is 5.94. The second-order valence-electron chi connectivity index (χ2n) is 8.64. The van der Waals surface area contributed by atoms with E-state index in [1.54, 1.807) is 34.0 Å². The van der Waals surface area contributed by atoms with E-state index in [0.717, 1.165) is 24.4 Å². The monoisotopic (exact) mass is 494 g/mol. The fraction of sp³-hybridized carbons (Fsp3) is 0.304. The Morgan fingerprint density at radius 2 is 1.83 bits per heavy atom. The number of ether oxygens (including phenoxy) is 1. The quantitative estimate of drug-likeness (QED) is 0.534. The van der Waals surface area contributed by atoms with Crippen LogP contribution in [-0.4, -0.2) is 36.9 Å². The van der Waals surface area contributed by atoms with Crippen LogP contribution in [0.2, 0.25) is 0 Å². The maximum Gasteiger partial charge on any atom is 0.437 e. The maximum atomic E-state index is 15.0. The van der Waals surface area contributed by atoms with E-state index in [1.165, 1.54) is 21.4 Å². The number of carboxylic acid groups (broad SMARTS) is 1. The van der Waals surface area contributed by atoms with Crippen LogP contribution in [0.15, 0.2) is 47.8 Å². The Morgan fingerprint density at radius 3 is 2.43 bits per heavy atom. The molecular weight excluding hydrogens is 472 g/mol. The molecule has 2 heterocycles. The molecule has 0 aliphatic carbocycles. The highest BCUT2D eigenvalue weighted by Crippen LogP contribution is 2.37. The van der Waals surface area contributed by atoms with Gasteiger partial charge in [0, 0.05) is 36.8 Å². The summed E-state index contributed by atoms with van der Waals surface area (Å²) in [4.78, 5) is 31.1. The number of halogens is 4. The number of aromatic carboxylic acids is 1. The minimum Gasteiger partial charge on any atom is -0.478 e. The first-order valence-corrected chi connectivity index (χ1v) is 10.2. The van der Waals surface area contributed by atoms with Crippen molar-refractivity contribution in [1.29, 1.82) is 0 Å². The van der Waals surface area contributed by atoms with Crippen LogP contribution in [0, 0.1) is 5.82 Å². The molecule has 2 aromatic heterocycles. The van der Waals surface area contributed by atoms with E-state index in [-0.39, 0.29) is 17.7 Å². The summed E-state index contributed by atoms with van der Waals surface area (Å²) in [5, 5.41) is 9.47. The van der Waals surface area contributed by atoms with Crippen molar-refractivity contribution in [3.63, 3.8) is 0 Å². The van der Waals surface area contributed by atoms with Gasteiger partial charge in [-0.15, -0.1) is 4.99 Å². The van der Waals surface area contributed by atoms with Gasteiger partial charge < -0.3 is 19.0 Å². The van der Waals surface area contributed by atoms with Gasteiger partial charge >= 0.3 is 18.2 Å². The summed E-state index contributed by atoms with van der Waals surface area (Å²) in [5.41, 5.74) is -3.83. The number of carboxylic acids is 1. The zero-order valence-corrected chi connectivity index (χ0v) is 19.2. The standard InChI is InChI=1S/C23H22F4N4O4/c1-22(2,3)35-21(34)29-20-30(4)8-9-31(20)12-13-10-15(17(24)16(11-13)19(32)33)14-6-5-7-28-18(14)23(25,26)27/h5-11H,12H2,1-4H3,(H,32,33)/b29-20+. The number of nitrogens with zero attached hydrogens (tertiary/aromatic N) is 4. The van der Waals surface area contributed by atoms with Crippen LogP contribution in [0.4, 0.5) is 22.4 Å². The molecule has 0 unspecified atom stereocenters. The number of carbonyl (C=O) groups excluding carboxylic acids is 1. The van der Waals surface area contributed by atoms with Crippen LogP contribution in [0.1, 0.15) is 42.4 Å². The number of aromatic nitrogens is 3. The van der Waals surface area contributed by atoms with E-state index in [0.29, 0.717) is 0 Å². The highest BCUT2D eigenvalue weighted by molar-refractivity contribution is 5.90. The molecule has 0 radical (unpaired) electrons. The molecule has 0 aliphatic rings. The molecule has 1 amide bonds. The molecule has 1 N–H and O–H groups in total. The molecule has 0 saturated heterocycles. The van der Waals surface area contributed by atoms with Crippen LogP contribution < -0.4 is 5.62 Å². The lowest BCUT2D eigenvalue weighted by molar-refractivity contribution is -0.140. The third-order valence-corrected chi connectivity index (χ3v) is 4.71. The van der Waals surface area contributed by atoms with Gasteiger partial charge in [-0.1, -0.05) is 6.07 Å². The molecule has 8 nitrogen and oxygen atoms in total. The van der Waals surface area contributed by atoms with Crippen LogP contribution in [0.25, 0.3) is 11.1 Å². The van der Waals surface area contributed by atoms with Gasteiger partial charge in [-0.25, -0.2) is 14.0 Å². The summed E-state index contributed by atoms with van der Waals surface area (Å²) < 4.78 is 63.7. The van der Waals surface area contributed by atoms with Crippen molar-refractivity contribution in [2.75, 3.05) is 0 Å². The Bertz CT molecular complexity index is 1350. The van der Waals surface area contributed by atoms with Crippen molar-refractivity contribution in [2.24, 2.45) is 12.0 Å². The van der Waals surface area contributed by atoms with Gasteiger partial charge in [0.2, 0.25) is 5.62 Å². The first kappa shape index (κ1) is 25.7. The number of hydrogen-bond donors (Lipinski definition) is 1. The lowest BCUT2D eigenvalue weighted by Gasteiger charge is -2.17. The van der Waals surface area contributed by atoms with Crippen molar-refractivity contribution in [1.82, 2.24) is 14.1 Å². The summed E-state index contributed by atoms with van der Waals surface area (Å²) in [6.45, 7) is 4.87. The van der Waals surface area contributed by atoms with Gasteiger partial charge in [0.15, 0.2) is 5.69 Å². The molecule has 3 aromatic rings. The van der Waals surface area contributed by atoms with Crippen molar-refractivity contribution in [3.05, 3.63) is 71.1 Å². The molecule has 3 rings (SSSR count). The molecular formula is C23H22F4N4O4. The second kappa shape index (κ2) is 9.35. The van der Waals surface area contributed by atoms with Crippen LogP contribution in [-0.2, 0) is 24.5 Å². The number of benzene rings is 1. The highest BCUT2D eigenvalue weighted by atomic mass is 19.4. The zero-order chi connectivity index (χ0) is 26.1. The smallest absolute Gasteiger partial charge is 0.437 e. The number of alkyl halides is 3. The average molecular weight is 494 g/mol. The summed E-state index contributed by atoms with van der Waals surface area (Å²) in [6, 6.07) is 4.34. The van der Waals surface area contributed by atoms with Crippen molar-refractivity contribution >= 4 is 12.1 Å². The zero-order valence-electron chi connectivity index (χ0n) is 19.2. The molecule has 35 heavy (non-hydrogen) atoms. The predicted octanol–water partition coefficient (Wildman–Crippen LogP) is 4.63. The Labute approximate surface area is 197 Å². The lowest BCUT2D eigenvalue weighted by atomic mass is 9.97. The molecule has 0 aliphatic heterocycles. The molecule has 0 spiro atoms. The fourth-order valence-electron chi connectivity index (χ4n) is 3.32. The lowest BCUT2D eigenvalue weighted by Crippen LogP contribution is -2.29. The summed E-state index contributed by atoms with van der Waals surface area (Å²) in [6.07, 6.45) is -1.76.